The number of rotatable bonds is 8. The third-order valence-corrected chi connectivity index (χ3v) is 8.35. The van der Waals surface area contributed by atoms with Crippen LogP contribution in [-0.4, -0.2) is 58.4 Å². The van der Waals surface area contributed by atoms with Crippen molar-refractivity contribution < 1.29 is 32.0 Å². The Kier molecular flexibility index (Phi) is 7.79. The van der Waals surface area contributed by atoms with E-state index in [9.17, 15) is 18.0 Å². The third-order valence-electron chi connectivity index (χ3n) is 5.08. The summed E-state index contributed by atoms with van der Waals surface area (Å²) >= 11 is 13.7. The number of anilines is 1. The molecule has 0 spiro atoms. The van der Waals surface area contributed by atoms with Crippen LogP contribution in [0.1, 0.15) is 5.69 Å². The molecule has 35 heavy (non-hydrogen) atoms. The predicted octanol–water partition coefficient (Wildman–Crippen LogP) is 3.14. The number of benzene rings is 1. The maximum Gasteiger partial charge on any atom is 0.324 e. The molecule has 1 fully saturated rings. The van der Waals surface area contributed by atoms with Gasteiger partial charge in [0.25, 0.3) is 5.91 Å². The van der Waals surface area contributed by atoms with E-state index in [1.54, 1.807) is 18.2 Å². The van der Waals surface area contributed by atoms with Crippen molar-refractivity contribution in [2.75, 3.05) is 31.8 Å². The van der Waals surface area contributed by atoms with Crippen molar-refractivity contribution in [2.24, 2.45) is 0 Å². The van der Waals surface area contributed by atoms with E-state index in [2.05, 4.69) is 9.88 Å². The van der Waals surface area contributed by atoms with Crippen molar-refractivity contribution >= 4 is 62.1 Å². The van der Waals surface area contributed by atoms with E-state index in [0.717, 1.165) is 12.0 Å². The lowest BCUT2D eigenvalue weighted by atomic mass is 10.1. The molecule has 4 rings (SSSR count). The number of amides is 1. The van der Waals surface area contributed by atoms with Gasteiger partial charge in [0.2, 0.25) is 10.0 Å². The zero-order valence-corrected chi connectivity index (χ0v) is 21.3. The highest BCUT2D eigenvalue weighted by Gasteiger charge is 2.31. The van der Waals surface area contributed by atoms with E-state index in [0.29, 0.717) is 22.4 Å². The van der Waals surface area contributed by atoms with Crippen LogP contribution in [-0.2, 0) is 35.5 Å². The lowest BCUT2D eigenvalue weighted by Gasteiger charge is -2.28. The Bertz CT molecular complexity index is 1360. The van der Waals surface area contributed by atoms with Gasteiger partial charge in [-0.1, -0.05) is 34.4 Å². The number of hydrogen-bond donors (Lipinski definition) is 1. The minimum atomic E-state index is -4.31. The van der Waals surface area contributed by atoms with Gasteiger partial charge in [0, 0.05) is 19.0 Å². The van der Waals surface area contributed by atoms with Gasteiger partial charge in [-0.25, -0.2) is 8.42 Å². The van der Waals surface area contributed by atoms with E-state index >= 15 is 0 Å². The van der Waals surface area contributed by atoms with Crippen LogP contribution in [0.25, 0.3) is 10.6 Å². The Labute approximate surface area is 214 Å². The molecule has 1 aliphatic heterocycles. The monoisotopic (exact) mass is 559 g/mol. The van der Waals surface area contributed by atoms with Gasteiger partial charge in [0.1, 0.15) is 17.5 Å². The van der Waals surface area contributed by atoms with Gasteiger partial charge in [-0.2, -0.15) is 4.72 Å². The number of sulfonamides is 1. The number of esters is 1. The van der Waals surface area contributed by atoms with Gasteiger partial charge in [-0.3, -0.25) is 9.59 Å². The number of carbonyl (C=O) groups is 2. The first-order valence-corrected chi connectivity index (χ1v) is 13.2. The first-order chi connectivity index (χ1) is 16.7. The lowest BCUT2D eigenvalue weighted by molar-refractivity contribution is -0.142. The standard InChI is InChI=1S/C21H19Cl2N3O7S2/c1-31-21(28)13(9-12-10-15(33-24-12)16-5-6-18(22)34-16)25-35(29,30)17-4-2-3-14(20(17)23)26-7-8-32-11-19(26)27/h2-6,10,13,25H,7-9,11H2,1H3. The third kappa shape index (κ3) is 5.68. The summed E-state index contributed by atoms with van der Waals surface area (Å²) in [6, 6.07) is 8.01. The summed E-state index contributed by atoms with van der Waals surface area (Å²) in [6.45, 7) is 0.386. The first-order valence-electron chi connectivity index (χ1n) is 10.2. The van der Waals surface area contributed by atoms with E-state index in [-0.39, 0.29) is 41.1 Å². The first kappa shape index (κ1) is 25.6. The maximum atomic E-state index is 13.2. The molecule has 0 aliphatic carbocycles. The number of aromatic nitrogens is 1. The second-order valence-electron chi connectivity index (χ2n) is 7.37. The van der Waals surface area contributed by atoms with Crippen LogP contribution in [0.5, 0.6) is 0 Å². The van der Waals surface area contributed by atoms with Gasteiger partial charge < -0.3 is 18.9 Å². The smallest absolute Gasteiger partial charge is 0.324 e. The number of nitrogens with zero attached hydrogens (tertiary/aromatic N) is 2. The summed E-state index contributed by atoms with van der Waals surface area (Å²) in [7, 11) is -3.17. The molecule has 0 saturated carbocycles. The van der Waals surface area contributed by atoms with E-state index < -0.39 is 22.0 Å². The van der Waals surface area contributed by atoms with Gasteiger partial charge in [-0.15, -0.1) is 11.3 Å². The second kappa shape index (κ2) is 10.6. The van der Waals surface area contributed by atoms with E-state index in [1.165, 1.54) is 34.4 Å². The molecule has 3 aromatic rings. The summed E-state index contributed by atoms with van der Waals surface area (Å²) < 4.78 is 44.6. The average Bonchev–Trinajstić information content (AvgIpc) is 3.47. The number of morpholine rings is 1. The van der Waals surface area contributed by atoms with Crippen LogP contribution in [0.4, 0.5) is 5.69 Å². The molecule has 10 nitrogen and oxygen atoms in total. The zero-order valence-electron chi connectivity index (χ0n) is 18.2. The van der Waals surface area contributed by atoms with Crippen molar-refractivity contribution in [1.82, 2.24) is 9.88 Å². The van der Waals surface area contributed by atoms with Crippen molar-refractivity contribution in [3.8, 4) is 10.6 Å². The number of methoxy groups -OCH3 is 1. The molecule has 1 aliphatic rings. The fraction of sp³-hybridized carbons (Fsp3) is 0.286. The maximum absolute atomic E-state index is 13.2. The molecular formula is C21H19Cl2N3O7S2. The van der Waals surface area contributed by atoms with Crippen LogP contribution in [0.15, 0.2) is 45.8 Å². The number of halogens is 2. The number of thiophene rings is 1. The average molecular weight is 560 g/mol. The normalized spacial score (nSPS) is 15.3. The summed E-state index contributed by atoms with van der Waals surface area (Å²) in [6.07, 6.45) is -0.145. The lowest BCUT2D eigenvalue weighted by Crippen LogP contribution is -2.43. The summed E-state index contributed by atoms with van der Waals surface area (Å²) in [5.41, 5.74) is 0.551. The zero-order chi connectivity index (χ0) is 25.2. The molecular weight excluding hydrogens is 541 g/mol. The Morgan fingerprint density at radius 2 is 2.11 bits per heavy atom. The fourth-order valence-corrected chi connectivity index (χ4v) is 6.24. The minimum absolute atomic E-state index is 0.132. The minimum Gasteiger partial charge on any atom is -0.468 e. The van der Waals surface area contributed by atoms with Gasteiger partial charge in [0.15, 0.2) is 5.76 Å². The number of hydrogen-bond acceptors (Lipinski definition) is 9. The molecule has 1 N–H and O–H groups in total. The Morgan fingerprint density at radius 3 is 2.80 bits per heavy atom. The fourth-order valence-electron chi connectivity index (χ4n) is 3.43. The molecule has 2 aromatic heterocycles. The van der Waals surface area contributed by atoms with E-state index in [4.69, 9.17) is 37.2 Å². The molecule has 14 heteroatoms. The quantitative estimate of drug-likeness (QED) is 0.417. The summed E-state index contributed by atoms with van der Waals surface area (Å²) in [5.74, 6) is -0.746. The Balaban J connectivity index is 1.58. The van der Waals surface area contributed by atoms with Crippen molar-refractivity contribution in [3.63, 3.8) is 0 Å². The number of ether oxygens (including phenoxy) is 2. The number of carbonyl (C=O) groups excluding carboxylic acids is 2. The molecule has 0 bridgehead atoms. The van der Waals surface area contributed by atoms with Gasteiger partial charge in [-0.05, 0) is 24.3 Å². The topological polar surface area (TPSA) is 128 Å². The highest BCUT2D eigenvalue weighted by atomic mass is 35.5. The van der Waals surface area contributed by atoms with Crippen LogP contribution in [0, 0.1) is 0 Å². The Morgan fingerprint density at radius 1 is 1.31 bits per heavy atom. The molecule has 1 aromatic carbocycles. The van der Waals surface area contributed by atoms with Crippen molar-refractivity contribution in [1.29, 1.82) is 0 Å². The van der Waals surface area contributed by atoms with Gasteiger partial charge >= 0.3 is 5.97 Å². The second-order valence-corrected chi connectivity index (χ2v) is 11.2. The highest BCUT2D eigenvalue weighted by molar-refractivity contribution is 7.89. The van der Waals surface area contributed by atoms with Crippen LogP contribution < -0.4 is 9.62 Å². The summed E-state index contributed by atoms with van der Waals surface area (Å²) in [4.78, 5) is 26.4. The SMILES string of the molecule is COC(=O)C(Cc1cc(-c2ccc(Cl)s2)on1)NS(=O)(=O)c1cccc(N2CCOCC2=O)c1Cl. The largest absolute Gasteiger partial charge is 0.468 e. The van der Waals surface area contributed by atoms with Crippen LogP contribution in [0.2, 0.25) is 9.36 Å². The van der Waals surface area contributed by atoms with Crippen molar-refractivity contribution in [2.45, 2.75) is 17.4 Å². The summed E-state index contributed by atoms with van der Waals surface area (Å²) in [5, 5.41) is 3.77. The molecule has 1 amide bonds. The van der Waals surface area contributed by atoms with Crippen LogP contribution >= 0.6 is 34.5 Å². The molecule has 1 atom stereocenters. The van der Waals surface area contributed by atoms with Crippen LogP contribution in [0.3, 0.4) is 0 Å². The molecule has 0 radical (unpaired) electrons. The molecule has 186 valence electrons. The highest BCUT2D eigenvalue weighted by Crippen LogP contribution is 2.34. The molecule has 3 heterocycles. The predicted molar refractivity (Wildman–Crippen MR) is 129 cm³/mol. The van der Waals surface area contributed by atoms with Gasteiger partial charge in [0.05, 0.1) is 39.3 Å². The van der Waals surface area contributed by atoms with E-state index in [1.807, 2.05) is 0 Å². The number of nitrogens with one attached hydrogen (secondary N) is 1. The Hall–Kier alpha value is -2.48. The van der Waals surface area contributed by atoms with Crippen molar-refractivity contribution in [3.05, 3.63) is 51.5 Å². The molecule has 1 saturated heterocycles. The molecule has 1 unspecified atom stereocenters.